The van der Waals surface area contributed by atoms with E-state index in [9.17, 15) is 9.59 Å². The Morgan fingerprint density at radius 2 is 1.90 bits per heavy atom. The minimum Gasteiger partial charge on any atom is -0.494 e. The number of hydrogen-bond donors (Lipinski definition) is 2. The van der Waals surface area contributed by atoms with E-state index in [1.807, 2.05) is 6.07 Å². The van der Waals surface area contributed by atoms with Crippen molar-refractivity contribution in [2.24, 2.45) is 5.73 Å². The fourth-order valence-electron chi connectivity index (χ4n) is 3.25. The summed E-state index contributed by atoms with van der Waals surface area (Å²) in [5.74, 6) is 0.260. The van der Waals surface area contributed by atoms with Gasteiger partial charge in [-0.25, -0.2) is 4.79 Å². The summed E-state index contributed by atoms with van der Waals surface area (Å²) in [6.07, 6.45) is 1.71. The molecule has 0 fully saturated rings. The minimum absolute atomic E-state index is 0.135. The van der Waals surface area contributed by atoms with Crippen molar-refractivity contribution in [2.75, 3.05) is 33.1 Å². The van der Waals surface area contributed by atoms with Crippen molar-refractivity contribution in [3.8, 4) is 11.5 Å². The normalized spacial score (nSPS) is 10.8. The Morgan fingerprint density at radius 1 is 1.14 bits per heavy atom. The number of fused-ring (bicyclic) bond motifs is 1. The lowest BCUT2D eigenvalue weighted by molar-refractivity contribution is 0.0602. The first kappa shape index (κ1) is 20.2. The molecular formula is C21H23N3O5. The summed E-state index contributed by atoms with van der Waals surface area (Å²) in [6, 6.07) is 8.13. The zero-order valence-corrected chi connectivity index (χ0v) is 16.5. The number of hydrogen-bond acceptors (Lipinski definition) is 7. The van der Waals surface area contributed by atoms with Crippen LogP contribution in [0, 0.1) is 6.92 Å². The fourth-order valence-corrected chi connectivity index (χ4v) is 3.25. The van der Waals surface area contributed by atoms with Crippen LogP contribution < -0.4 is 20.9 Å². The molecule has 8 nitrogen and oxygen atoms in total. The number of anilines is 1. The van der Waals surface area contributed by atoms with Gasteiger partial charge < -0.3 is 30.1 Å². The van der Waals surface area contributed by atoms with Gasteiger partial charge in [0.25, 0.3) is 0 Å². The van der Waals surface area contributed by atoms with Gasteiger partial charge in [0.1, 0.15) is 23.8 Å². The second kappa shape index (κ2) is 8.24. The Hall–Kier alpha value is -3.52. The smallest absolute Gasteiger partial charge is 0.339 e. The first-order chi connectivity index (χ1) is 13.9. The lowest BCUT2D eigenvalue weighted by Gasteiger charge is -2.09. The number of nitrogens with two attached hydrogens (primary N) is 2. The van der Waals surface area contributed by atoms with Gasteiger partial charge in [0.15, 0.2) is 0 Å². The predicted octanol–water partition coefficient (Wildman–Crippen LogP) is 2.19. The Morgan fingerprint density at radius 3 is 2.55 bits per heavy atom. The van der Waals surface area contributed by atoms with Gasteiger partial charge in [-0.05, 0) is 37.3 Å². The molecule has 3 rings (SSSR count). The van der Waals surface area contributed by atoms with Crippen molar-refractivity contribution in [1.29, 1.82) is 0 Å². The van der Waals surface area contributed by atoms with Crippen molar-refractivity contribution in [1.82, 2.24) is 4.40 Å². The van der Waals surface area contributed by atoms with E-state index in [4.69, 9.17) is 25.7 Å². The molecule has 0 saturated carbocycles. The van der Waals surface area contributed by atoms with Crippen LogP contribution in [-0.4, -0.2) is 43.5 Å². The lowest BCUT2D eigenvalue weighted by Crippen LogP contribution is -2.12. The van der Waals surface area contributed by atoms with Crippen LogP contribution >= 0.6 is 0 Å². The zero-order chi connectivity index (χ0) is 21.1. The number of nitrogen functional groups attached to an aromatic ring is 1. The second-order valence-corrected chi connectivity index (χ2v) is 6.39. The van der Waals surface area contributed by atoms with Gasteiger partial charge in [-0.2, -0.15) is 0 Å². The van der Waals surface area contributed by atoms with Gasteiger partial charge in [0.2, 0.25) is 5.78 Å². The Labute approximate surface area is 168 Å². The summed E-state index contributed by atoms with van der Waals surface area (Å²) >= 11 is 0. The summed E-state index contributed by atoms with van der Waals surface area (Å²) < 4.78 is 17.6. The van der Waals surface area contributed by atoms with Crippen LogP contribution in [0.1, 0.15) is 32.0 Å². The highest BCUT2D eigenvalue weighted by molar-refractivity contribution is 6.12. The molecule has 152 valence electrons. The van der Waals surface area contributed by atoms with Gasteiger partial charge in [-0.15, -0.1) is 0 Å². The Bertz CT molecular complexity index is 1090. The molecule has 0 radical (unpaired) electrons. The summed E-state index contributed by atoms with van der Waals surface area (Å²) in [5, 5.41) is 0. The number of rotatable bonds is 7. The molecule has 2 aromatic heterocycles. The van der Waals surface area contributed by atoms with E-state index in [2.05, 4.69) is 0 Å². The summed E-state index contributed by atoms with van der Waals surface area (Å²) in [6.45, 7) is 2.53. The van der Waals surface area contributed by atoms with Gasteiger partial charge >= 0.3 is 5.97 Å². The van der Waals surface area contributed by atoms with Crippen molar-refractivity contribution in [3.63, 3.8) is 0 Å². The number of ether oxygens (including phenoxy) is 3. The molecule has 2 heterocycles. The van der Waals surface area contributed by atoms with Gasteiger partial charge in [0.05, 0.1) is 31.5 Å². The molecule has 3 aromatic rings. The highest BCUT2D eigenvalue weighted by Gasteiger charge is 2.24. The van der Waals surface area contributed by atoms with Crippen molar-refractivity contribution in [3.05, 3.63) is 58.9 Å². The largest absolute Gasteiger partial charge is 0.494 e. The molecule has 0 aliphatic rings. The fraction of sp³-hybridized carbons (Fsp3) is 0.238. The number of benzene rings is 1. The van der Waals surface area contributed by atoms with E-state index in [0.717, 1.165) is 5.52 Å². The maximum atomic E-state index is 13.4. The number of pyridine rings is 1. The molecule has 1 aromatic carbocycles. The standard InChI is InChI=1S/C21H23N3O5/c1-12-18(19(25)13-4-6-16(23)15(10-13)21(26)28-3)24-11-14(29-9-8-22)5-7-17(24)20(12)27-2/h4-7,10-11H,8-9,22-23H2,1-3H3. The molecule has 8 heteroatoms. The number of carbonyl (C=O) groups is 2. The maximum Gasteiger partial charge on any atom is 0.339 e. The number of nitrogens with zero attached hydrogens (tertiary/aromatic N) is 1. The number of esters is 1. The van der Waals surface area contributed by atoms with Crippen LogP contribution in [-0.2, 0) is 4.74 Å². The van der Waals surface area contributed by atoms with E-state index >= 15 is 0 Å². The van der Waals surface area contributed by atoms with Crippen LogP contribution in [0.25, 0.3) is 5.52 Å². The molecule has 29 heavy (non-hydrogen) atoms. The minimum atomic E-state index is -0.607. The van der Waals surface area contributed by atoms with Crippen molar-refractivity contribution >= 4 is 23.0 Å². The summed E-state index contributed by atoms with van der Waals surface area (Å²) in [5.41, 5.74) is 13.8. The van der Waals surface area contributed by atoms with Crippen LogP contribution in [0.5, 0.6) is 11.5 Å². The molecule has 0 atom stereocenters. The van der Waals surface area contributed by atoms with E-state index in [1.165, 1.54) is 19.2 Å². The van der Waals surface area contributed by atoms with Crippen molar-refractivity contribution < 1.29 is 23.8 Å². The Balaban J connectivity index is 2.16. The van der Waals surface area contributed by atoms with Crippen molar-refractivity contribution in [2.45, 2.75) is 6.92 Å². The molecular weight excluding hydrogens is 374 g/mol. The number of aromatic nitrogens is 1. The Kier molecular flexibility index (Phi) is 5.74. The average Bonchev–Trinajstić information content (AvgIpc) is 3.01. The van der Waals surface area contributed by atoms with E-state index in [-0.39, 0.29) is 17.0 Å². The second-order valence-electron chi connectivity index (χ2n) is 6.39. The number of carbonyl (C=O) groups excluding carboxylic acids is 2. The predicted molar refractivity (Wildman–Crippen MR) is 109 cm³/mol. The highest BCUT2D eigenvalue weighted by Crippen LogP contribution is 2.33. The van der Waals surface area contributed by atoms with E-state index in [1.54, 1.807) is 36.8 Å². The molecule has 0 aliphatic carbocycles. The molecule has 0 amide bonds. The molecule has 0 bridgehead atoms. The molecule has 0 unspecified atom stereocenters. The average molecular weight is 397 g/mol. The van der Waals surface area contributed by atoms with Gasteiger partial charge in [0, 0.05) is 23.4 Å². The van der Waals surface area contributed by atoms with E-state index < -0.39 is 5.97 Å². The quantitative estimate of drug-likeness (QED) is 0.356. The third kappa shape index (κ3) is 3.62. The maximum absolute atomic E-state index is 13.4. The molecule has 0 spiro atoms. The number of ketones is 1. The van der Waals surface area contributed by atoms with Gasteiger partial charge in [-0.1, -0.05) is 0 Å². The number of methoxy groups -OCH3 is 2. The topological polar surface area (TPSA) is 118 Å². The van der Waals surface area contributed by atoms with Gasteiger partial charge in [-0.3, -0.25) is 4.79 Å². The van der Waals surface area contributed by atoms with Crippen LogP contribution in [0.2, 0.25) is 0 Å². The first-order valence-electron chi connectivity index (χ1n) is 8.97. The highest BCUT2D eigenvalue weighted by atomic mass is 16.5. The third-order valence-corrected chi connectivity index (χ3v) is 4.62. The lowest BCUT2D eigenvalue weighted by atomic mass is 10.0. The summed E-state index contributed by atoms with van der Waals surface area (Å²) in [4.78, 5) is 25.3. The van der Waals surface area contributed by atoms with E-state index in [0.29, 0.717) is 41.5 Å². The first-order valence-corrected chi connectivity index (χ1v) is 8.97. The van der Waals surface area contributed by atoms with Crippen LogP contribution in [0.3, 0.4) is 0 Å². The monoisotopic (exact) mass is 397 g/mol. The zero-order valence-electron chi connectivity index (χ0n) is 16.5. The van der Waals surface area contributed by atoms with Crippen LogP contribution in [0.15, 0.2) is 36.5 Å². The summed E-state index contributed by atoms with van der Waals surface area (Å²) in [7, 11) is 2.81. The molecule has 4 N–H and O–H groups in total. The third-order valence-electron chi connectivity index (χ3n) is 4.62. The SMILES string of the molecule is COC(=O)c1cc(C(=O)c2c(C)c(OC)c3ccc(OCCN)cn23)ccc1N. The molecule has 0 aliphatic heterocycles. The van der Waals surface area contributed by atoms with Crippen LogP contribution in [0.4, 0.5) is 5.69 Å². The molecule has 0 saturated heterocycles.